The van der Waals surface area contributed by atoms with Crippen LogP contribution in [-0.4, -0.2) is 109 Å². The second-order valence-corrected chi connectivity index (χ2v) is 14.1. The molecule has 2 amide bonds. The van der Waals surface area contributed by atoms with Gasteiger partial charge in [0.1, 0.15) is 11.5 Å². The van der Waals surface area contributed by atoms with Crippen LogP contribution < -0.4 is 30.2 Å². The lowest BCUT2D eigenvalue weighted by atomic mass is 10.1. The largest absolute Gasteiger partial charge is 0.494 e. The maximum atomic E-state index is 13.7. The molecule has 3 N–H and O–H groups in total. The van der Waals surface area contributed by atoms with E-state index in [9.17, 15) is 22.8 Å². The van der Waals surface area contributed by atoms with Crippen LogP contribution in [0.15, 0.2) is 42.5 Å². The number of carbonyl (C=O) groups is 2. The van der Waals surface area contributed by atoms with Crippen LogP contribution in [0, 0.1) is 5.41 Å². The van der Waals surface area contributed by atoms with Crippen LogP contribution in [0.5, 0.6) is 17.5 Å². The SMILES string of the molecule is CCOC(=O)N1CCCCOc2cc(ccc2C(=O)NCC2(CN3CCCC3)CC2)Nc2nc(nc(OCC(F)(F)F)n2)NCc2ccc(cc2)OCCC1. The fraction of sp³-hybridized carbons (Fsp3) is 0.553. The molecule has 1 saturated heterocycles. The third-order valence-corrected chi connectivity index (χ3v) is 9.62. The zero-order chi connectivity index (χ0) is 38.7. The summed E-state index contributed by atoms with van der Waals surface area (Å²) in [4.78, 5) is 43.0. The Labute approximate surface area is 318 Å². The molecular formula is C38H49F3N8O6. The molecule has 0 unspecified atom stereocenters. The van der Waals surface area contributed by atoms with Gasteiger partial charge in [-0.05, 0) is 94.8 Å². The first kappa shape index (κ1) is 39.6. The molecule has 55 heavy (non-hydrogen) atoms. The number of nitrogens with zero attached hydrogens (tertiary/aromatic N) is 5. The highest BCUT2D eigenvalue weighted by molar-refractivity contribution is 5.97. The highest BCUT2D eigenvalue weighted by Crippen LogP contribution is 2.46. The number of hydrogen-bond acceptors (Lipinski definition) is 12. The molecule has 7 rings (SSSR count). The molecule has 2 aromatic carbocycles. The molecule has 1 aromatic heterocycles. The summed E-state index contributed by atoms with van der Waals surface area (Å²) in [6.07, 6.45) is 1.30. The standard InChI is InChI=1S/C38H49F3N8O6/c1-2-52-36(51)49-18-5-6-20-54-31-22-28(10-13-30(31)32(50)43-24-37(14-15-37)25-48-16-3-4-17-48)44-34-45-33(46-35(47-34)55-26-38(39,40)41)42-23-27-8-11-29(12-9-27)53-21-7-19-49/h8-13,22H,2-7,14-21,23-26H2,1H3,(H,43,50)(H2,42,44,45,46,47). The second kappa shape index (κ2) is 18.5. The minimum Gasteiger partial charge on any atom is -0.494 e. The predicted molar refractivity (Wildman–Crippen MR) is 198 cm³/mol. The van der Waals surface area contributed by atoms with Gasteiger partial charge < -0.3 is 44.7 Å². The van der Waals surface area contributed by atoms with Crippen molar-refractivity contribution in [3.05, 3.63) is 53.6 Å². The van der Waals surface area contributed by atoms with Crippen LogP contribution in [0.25, 0.3) is 0 Å². The molecular weight excluding hydrogens is 721 g/mol. The molecule has 1 saturated carbocycles. The fourth-order valence-electron chi connectivity index (χ4n) is 6.51. The number of carbonyl (C=O) groups excluding carboxylic acids is 2. The molecule has 3 aromatic rings. The quantitative estimate of drug-likeness (QED) is 0.240. The number of halogens is 3. The molecule has 6 bridgehead atoms. The van der Waals surface area contributed by atoms with Gasteiger partial charge in [-0.25, -0.2) is 4.79 Å². The Morgan fingerprint density at radius 1 is 0.909 bits per heavy atom. The average molecular weight is 771 g/mol. The van der Waals surface area contributed by atoms with E-state index in [1.807, 2.05) is 12.1 Å². The number of nitrogens with one attached hydrogen (secondary N) is 3. The summed E-state index contributed by atoms with van der Waals surface area (Å²) >= 11 is 0. The number of benzene rings is 2. The predicted octanol–water partition coefficient (Wildman–Crippen LogP) is 6.17. The first-order chi connectivity index (χ1) is 26.6. The number of fused-ring (bicyclic) bond motifs is 12. The number of ether oxygens (including phenoxy) is 4. The van der Waals surface area contributed by atoms with Crippen molar-refractivity contribution in [2.45, 2.75) is 64.6 Å². The number of alkyl halides is 3. The van der Waals surface area contributed by atoms with Gasteiger partial charge in [-0.15, -0.1) is 0 Å². The Hall–Kier alpha value is -5.06. The molecule has 0 atom stereocenters. The van der Waals surface area contributed by atoms with Gasteiger partial charge in [0.25, 0.3) is 5.91 Å². The van der Waals surface area contributed by atoms with Crippen LogP contribution in [0.4, 0.5) is 35.5 Å². The maximum Gasteiger partial charge on any atom is 0.422 e. The summed E-state index contributed by atoms with van der Waals surface area (Å²) in [6, 6.07) is 11.6. The number of hydrogen-bond donors (Lipinski definition) is 3. The Balaban J connectivity index is 1.23. The molecule has 4 aliphatic rings. The Morgan fingerprint density at radius 2 is 1.64 bits per heavy atom. The molecule has 17 heteroatoms. The van der Waals surface area contributed by atoms with E-state index in [0.717, 1.165) is 38.0 Å². The van der Waals surface area contributed by atoms with Gasteiger partial charge in [-0.3, -0.25) is 4.79 Å². The number of rotatable bonds is 8. The lowest BCUT2D eigenvalue weighted by Gasteiger charge is -2.23. The highest BCUT2D eigenvalue weighted by Gasteiger charge is 2.44. The van der Waals surface area contributed by atoms with Crippen molar-refractivity contribution >= 4 is 29.6 Å². The Kier molecular flexibility index (Phi) is 13.3. The Bertz CT molecular complexity index is 1740. The summed E-state index contributed by atoms with van der Waals surface area (Å²) in [5, 5.41) is 9.16. The van der Waals surface area contributed by atoms with E-state index in [1.54, 1.807) is 42.2 Å². The van der Waals surface area contributed by atoms with Crippen molar-refractivity contribution in [3.63, 3.8) is 0 Å². The van der Waals surface area contributed by atoms with Crippen molar-refractivity contribution in [2.75, 3.05) is 76.3 Å². The third-order valence-electron chi connectivity index (χ3n) is 9.62. The number of aromatic nitrogens is 3. The van der Waals surface area contributed by atoms with Gasteiger partial charge in [-0.2, -0.15) is 28.1 Å². The van der Waals surface area contributed by atoms with Gasteiger partial charge in [-0.1, -0.05) is 12.1 Å². The van der Waals surface area contributed by atoms with Gasteiger partial charge in [0, 0.05) is 49.9 Å². The van der Waals surface area contributed by atoms with Gasteiger partial charge in [0.15, 0.2) is 6.61 Å². The van der Waals surface area contributed by atoms with E-state index in [4.69, 9.17) is 18.9 Å². The average Bonchev–Trinajstić information content (AvgIpc) is 3.73. The molecule has 298 valence electrons. The summed E-state index contributed by atoms with van der Waals surface area (Å²) in [7, 11) is 0. The highest BCUT2D eigenvalue weighted by atomic mass is 19.4. The van der Waals surface area contributed by atoms with Crippen molar-refractivity contribution < 1.29 is 41.7 Å². The van der Waals surface area contributed by atoms with Crippen molar-refractivity contribution in [2.24, 2.45) is 5.41 Å². The Morgan fingerprint density at radius 3 is 2.38 bits per heavy atom. The van der Waals surface area contributed by atoms with E-state index >= 15 is 0 Å². The van der Waals surface area contributed by atoms with E-state index in [2.05, 4.69) is 35.8 Å². The van der Waals surface area contributed by atoms with Crippen molar-refractivity contribution in [1.29, 1.82) is 0 Å². The minimum absolute atomic E-state index is 0.0186. The summed E-state index contributed by atoms with van der Waals surface area (Å²) in [5.41, 5.74) is 1.66. The van der Waals surface area contributed by atoms with Gasteiger partial charge in [0.2, 0.25) is 11.9 Å². The number of amides is 2. The molecule has 4 heterocycles. The van der Waals surface area contributed by atoms with E-state index in [1.165, 1.54) is 12.8 Å². The van der Waals surface area contributed by atoms with E-state index in [-0.39, 0.29) is 43.0 Å². The summed E-state index contributed by atoms with van der Waals surface area (Å²) < 4.78 is 61.5. The molecule has 14 nitrogen and oxygen atoms in total. The van der Waals surface area contributed by atoms with Crippen LogP contribution in [0.2, 0.25) is 0 Å². The summed E-state index contributed by atoms with van der Waals surface area (Å²) in [6.45, 7) is 5.90. The molecule has 0 spiro atoms. The van der Waals surface area contributed by atoms with Crippen LogP contribution in [0.1, 0.15) is 67.8 Å². The van der Waals surface area contributed by atoms with E-state index < -0.39 is 24.9 Å². The lowest BCUT2D eigenvalue weighted by molar-refractivity contribution is -0.154. The van der Waals surface area contributed by atoms with Crippen LogP contribution in [-0.2, 0) is 11.3 Å². The number of anilines is 3. The minimum atomic E-state index is -4.61. The topological polar surface area (TPSA) is 152 Å². The summed E-state index contributed by atoms with van der Waals surface area (Å²) in [5.74, 6) is 0.561. The van der Waals surface area contributed by atoms with Crippen LogP contribution in [0.3, 0.4) is 0 Å². The molecule has 0 radical (unpaired) electrons. The number of likely N-dealkylation sites (tertiary alicyclic amines) is 1. The van der Waals surface area contributed by atoms with E-state index in [0.29, 0.717) is 68.3 Å². The first-order valence-electron chi connectivity index (χ1n) is 18.9. The monoisotopic (exact) mass is 770 g/mol. The first-order valence-corrected chi connectivity index (χ1v) is 18.9. The van der Waals surface area contributed by atoms with Crippen molar-refractivity contribution in [1.82, 2.24) is 30.1 Å². The zero-order valence-corrected chi connectivity index (χ0v) is 31.1. The zero-order valence-electron chi connectivity index (χ0n) is 31.1. The third kappa shape index (κ3) is 12.2. The smallest absolute Gasteiger partial charge is 0.422 e. The maximum absolute atomic E-state index is 13.7. The normalized spacial score (nSPS) is 17.9. The molecule has 2 fully saturated rings. The van der Waals surface area contributed by atoms with Gasteiger partial charge >= 0.3 is 18.3 Å². The fourth-order valence-corrected chi connectivity index (χ4v) is 6.51. The van der Waals surface area contributed by atoms with Gasteiger partial charge in [0.05, 0.1) is 25.4 Å². The molecule has 1 aliphatic carbocycles. The van der Waals surface area contributed by atoms with Crippen molar-refractivity contribution in [3.8, 4) is 17.5 Å². The second-order valence-electron chi connectivity index (χ2n) is 14.1. The lowest BCUT2D eigenvalue weighted by Crippen LogP contribution is -2.37. The molecule has 3 aliphatic heterocycles. The van der Waals surface area contributed by atoms with Crippen LogP contribution >= 0.6 is 0 Å².